The first kappa shape index (κ1) is 14.7. The van der Waals surface area contributed by atoms with Crippen molar-refractivity contribution < 1.29 is 0 Å². The minimum atomic E-state index is 0.228. The zero-order chi connectivity index (χ0) is 12.9. The van der Waals surface area contributed by atoms with Gasteiger partial charge in [0.2, 0.25) is 0 Å². The highest BCUT2D eigenvalue weighted by atomic mass is 32.1. The number of nitrogens with one attached hydrogen (secondary N) is 1. The van der Waals surface area contributed by atoms with E-state index in [0.717, 1.165) is 13.1 Å². The summed E-state index contributed by atoms with van der Waals surface area (Å²) >= 11 is 1.84. The van der Waals surface area contributed by atoms with Gasteiger partial charge in [-0.2, -0.15) is 0 Å². The molecule has 0 aliphatic carbocycles. The number of rotatable bonds is 6. The molecule has 17 heavy (non-hydrogen) atoms. The van der Waals surface area contributed by atoms with Crippen LogP contribution < -0.4 is 5.32 Å². The fraction of sp³-hybridized carbons (Fsp3) is 0.714. The lowest BCUT2D eigenvalue weighted by molar-refractivity contribution is 0.233. The SMILES string of the molecule is CC(CCNC(C)(C)C)N(C)Cc1cccs1. The van der Waals surface area contributed by atoms with Crippen molar-refractivity contribution in [2.75, 3.05) is 13.6 Å². The van der Waals surface area contributed by atoms with E-state index in [9.17, 15) is 0 Å². The summed E-state index contributed by atoms with van der Waals surface area (Å²) in [4.78, 5) is 3.87. The van der Waals surface area contributed by atoms with Gasteiger partial charge in [-0.05, 0) is 59.2 Å². The van der Waals surface area contributed by atoms with Crippen LogP contribution in [0.3, 0.4) is 0 Å². The molecule has 1 atom stereocenters. The Labute approximate surface area is 110 Å². The van der Waals surface area contributed by atoms with Gasteiger partial charge in [0.25, 0.3) is 0 Å². The minimum Gasteiger partial charge on any atom is -0.312 e. The molecule has 1 N–H and O–H groups in total. The van der Waals surface area contributed by atoms with E-state index in [2.05, 4.69) is 62.5 Å². The Morgan fingerprint density at radius 1 is 1.41 bits per heavy atom. The molecule has 0 fully saturated rings. The molecule has 0 radical (unpaired) electrons. The molecule has 0 aliphatic rings. The van der Waals surface area contributed by atoms with Crippen molar-refractivity contribution in [3.8, 4) is 0 Å². The smallest absolute Gasteiger partial charge is 0.0327 e. The quantitative estimate of drug-likeness (QED) is 0.837. The summed E-state index contributed by atoms with van der Waals surface area (Å²) in [6.07, 6.45) is 1.19. The maximum Gasteiger partial charge on any atom is 0.0327 e. The first-order valence-electron chi connectivity index (χ1n) is 6.36. The van der Waals surface area contributed by atoms with Crippen LogP contribution in [0.4, 0.5) is 0 Å². The van der Waals surface area contributed by atoms with E-state index < -0.39 is 0 Å². The first-order valence-corrected chi connectivity index (χ1v) is 7.24. The predicted molar refractivity (Wildman–Crippen MR) is 77.6 cm³/mol. The fourth-order valence-corrected chi connectivity index (χ4v) is 2.45. The van der Waals surface area contributed by atoms with E-state index in [1.54, 1.807) is 0 Å². The molecule has 0 saturated carbocycles. The molecule has 3 heteroatoms. The Hall–Kier alpha value is -0.380. The van der Waals surface area contributed by atoms with Gasteiger partial charge in [-0.3, -0.25) is 4.90 Å². The second-order valence-corrected chi connectivity index (χ2v) is 6.84. The van der Waals surface area contributed by atoms with E-state index in [1.807, 2.05) is 11.3 Å². The van der Waals surface area contributed by atoms with Gasteiger partial charge in [-0.1, -0.05) is 6.07 Å². The van der Waals surface area contributed by atoms with Crippen LogP contribution in [0.15, 0.2) is 17.5 Å². The van der Waals surface area contributed by atoms with E-state index in [-0.39, 0.29) is 5.54 Å². The molecule has 0 saturated heterocycles. The number of thiophene rings is 1. The van der Waals surface area contributed by atoms with Crippen LogP contribution in [0, 0.1) is 0 Å². The lowest BCUT2D eigenvalue weighted by Crippen LogP contribution is -2.39. The molecular weight excluding hydrogens is 228 g/mol. The third-order valence-electron chi connectivity index (χ3n) is 2.96. The van der Waals surface area contributed by atoms with Crippen molar-refractivity contribution in [3.05, 3.63) is 22.4 Å². The van der Waals surface area contributed by atoms with Gasteiger partial charge in [0, 0.05) is 23.0 Å². The van der Waals surface area contributed by atoms with Crippen molar-refractivity contribution >= 4 is 11.3 Å². The van der Waals surface area contributed by atoms with Gasteiger partial charge in [0.15, 0.2) is 0 Å². The number of nitrogens with zero attached hydrogens (tertiary/aromatic N) is 1. The molecule has 0 aliphatic heterocycles. The highest BCUT2D eigenvalue weighted by molar-refractivity contribution is 7.09. The molecule has 98 valence electrons. The van der Waals surface area contributed by atoms with Crippen LogP contribution in [0.5, 0.6) is 0 Å². The summed E-state index contributed by atoms with van der Waals surface area (Å²) in [5, 5.41) is 5.69. The fourth-order valence-electron chi connectivity index (χ4n) is 1.68. The summed E-state index contributed by atoms with van der Waals surface area (Å²) in [6, 6.07) is 4.95. The Morgan fingerprint density at radius 3 is 2.65 bits per heavy atom. The maximum absolute atomic E-state index is 3.54. The average molecular weight is 254 g/mol. The zero-order valence-electron chi connectivity index (χ0n) is 11.8. The largest absolute Gasteiger partial charge is 0.312 e. The van der Waals surface area contributed by atoms with E-state index >= 15 is 0 Å². The van der Waals surface area contributed by atoms with Crippen LogP contribution in [0.1, 0.15) is 39.0 Å². The van der Waals surface area contributed by atoms with Crippen molar-refractivity contribution in [3.63, 3.8) is 0 Å². The molecule has 1 rings (SSSR count). The Bertz CT molecular complexity index is 301. The minimum absolute atomic E-state index is 0.228. The highest BCUT2D eigenvalue weighted by Crippen LogP contribution is 2.13. The summed E-state index contributed by atoms with van der Waals surface area (Å²) in [5.74, 6) is 0. The molecule has 0 amide bonds. The normalized spacial score (nSPS) is 14.2. The maximum atomic E-state index is 3.54. The van der Waals surface area contributed by atoms with Crippen LogP contribution in [-0.4, -0.2) is 30.1 Å². The van der Waals surface area contributed by atoms with Crippen LogP contribution >= 0.6 is 11.3 Å². The summed E-state index contributed by atoms with van der Waals surface area (Å²) in [5.41, 5.74) is 0.228. The van der Waals surface area contributed by atoms with Crippen LogP contribution in [-0.2, 0) is 6.54 Å². The molecule has 0 spiro atoms. The zero-order valence-corrected chi connectivity index (χ0v) is 12.6. The monoisotopic (exact) mass is 254 g/mol. The van der Waals surface area contributed by atoms with Gasteiger partial charge in [0.05, 0.1) is 0 Å². The second-order valence-electron chi connectivity index (χ2n) is 5.81. The Balaban J connectivity index is 2.25. The third-order valence-corrected chi connectivity index (χ3v) is 3.82. The summed E-state index contributed by atoms with van der Waals surface area (Å²) in [6.45, 7) is 11.1. The molecule has 0 bridgehead atoms. The standard InChI is InChI=1S/C14H26N2S/c1-12(8-9-15-14(2,3)4)16(5)11-13-7-6-10-17-13/h6-7,10,12,15H,8-9,11H2,1-5H3. The van der Waals surface area contributed by atoms with Crippen molar-refractivity contribution in [2.45, 2.75) is 52.2 Å². The van der Waals surface area contributed by atoms with Crippen molar-refractivity contribution in [1.82, 2.24) is 10.2 Å². The highest BCUT2D eigenvalue weighted by Gasteiger charge is 2.12. The van der Waals surface area contributed by atoms with Gasteiger partial charge >= 0.3 is 0 Å². The molecule has 0 aromatic carbocycles. The van der Waals surface area contributed by atoms with Crippen LogP contribution in [0.2, 0.25) is 0 Å². The lowest BCUT2D eigenvalue weighted by atomic mass is 10.1. The first-order chi connectivity index (χ1) is 7.88. The Kier molecular flexibility index (Phi) is 5.63. The molecule has 2 nitrogen and oxygen atoms in total. The number of hydrogen-bond donors (Lipinski definition) is 1. The van der Waals surface area contributed by atoms with E-state index in [4.69, 9.17) is 0 Å². The average Bonchev–Trinajstić information content (AvgIpc) is 2.68. The molecule has 1 heterocycles. The Morgan fingerprint density at radius 2 is 2.12 bits per heavy atom. The lowest BCUT2D eigenvalue weighted by Gasteiger charge is -2.26. The van der Waals surface area contributed by atoms with Crippen molar-refractivity contribution in [2.24, 2.45) is 0 Å². The third kappa shape index (κ3) is 6.20. The summed E-state index contributed by atoms with van der Waals surface area (Å²) < 4.78 is 0. The molecule has 1 aromatic rings. The van der Waals surface area contributed by atoms with E-state index in [1.165, 1.54) is 11.3 Å². The van der Waals surface area contributed by atoms with E-state index in [0.29, 0.717) is 6.04 Å². The van der Waals surface area contributed by atoms with Gasteiger partial charge in [-0.15, -0.1) is 11.3 Å². The molecular formula is C14H26N2S. The second kappa shape index (κ2) is 6.53. The van der Waals surface area contributed by atoms with Crippen molar-refractivity contribution in [1.29, 1.82) is 0 Å². The van der Waals surface area contributed by atoms with Gasteiger partial charge in [0.1, 0.15) is 0 Å². The summed E-state index contributed by atoms with van der Waals surface area (Å²) in [7, 11) is 2.21. The number of hydrogen-bond acceptors (Lipinski definition) is 3. The molecule has 1 unspecified atom stereocenters. The molecule has 1 aromatic heterocycles. The predicted octanol–water partition coefficient (Wildman–Crippen LogP) is 3.35. The topological polar surface area (TPSA) is 15.3 Å². The van der Waals surface area contributed by atoms with Gasteiger partial charge < -0.3 is 5.32 Å². The van der Waals surface area contributed by atoms with Gasteiger partial charge in [-0.25, -0.2) is 0 Å². The van der Waals surface area contributed by atoms with Crippen LogP contribution in [0.25, 0.3) is 0 Å².